The highest BCUT2D eigenvalue weighted by atomic mass is 32.1. The lowest BCUT2D eigenvalue weighted by atomic mass is 9.84. The van der Waals surface area contributed by atoms with E-state index in [9.17, 15) is 14.4 Å². The molecule has 1 aromatic carbocycles. The Labute approximate surface area is 200 Å². The zero-order chi connectivity index (χ0) is 24.3. The summed E-state index contributed by atoms with van der Waals surface area (Å²) in [6.45, 7) is 10.2. The van der Waals surface area contributed by atoms with Crippen LogP contribution in [0.2, 0.25) is 0 Å². The van der Waals surface area contributed by atoms with Crippen molar-refractivity contribution in [3.63, 3.8) is 0 Å². The van der Waals surface area contributed by atoms with Gasteiger partial charge in [-0.25, -0.2) is 4.98 Å². The summed E-state index contributed by atoms with van der Waals surface area (Å²) in [6, 6.07) is 6.96. The zero-order valence-corrected chi connectivity index (χ0v) is 21.2. The average Bonchev–Trinajstić information content (AvgIpc) is 3.40. The maximum Gasteiger partial charge on any atom is 0.246 e. The van der Waals surface area contributed by atoms with Gasteiger partial charge in [-0.1, -0.05) is 45.0 Å². The van der Waals surface area contributed by atoms with E-state index in [0.717, 1.165) is 28.1 Å². The van der Waals surface area contributed by atoms with E-state index in [1.165, 1.54) is 11.8 Å². The Hall–Kier alpha value is -2.74. The first-order valence-corrected chi connectivity index (χ1v) is 12.2. The number of carbonyl (C=O) groups excluding carboxylic acids is 3. The Morgan fingerprint density at radius 3 is 2.45 bits per heavy atom. The number of thiazole rings is 1. The molecule has 0 spiro atoms. The smallest absolute Gasteiger partial charge is 0.246 e. The number of aryl methyl sites for hydroxylation is 1. The van der Waals surface area contributed by atoms with Crippen LogP contribution in [-0.2, 0) is 20.9 Å². The molecular weight excluding hydrogens is 436 g/mol. The van der Waals surface area contributed by atoms with Gasteiger partial charge in [-0.3, -0.25) is 14.4 Å². The van der Waals surface area contributed by atoms with E-state index in [0.29, 0.717) is 19.5 Å². The highest BCUT2D eigenvalue weighted by Crippen LogP contribution is 2.29. The molecule has 0 unspecified atom stereocenters. The molecule has 178 valence electrons. The number of nitrogens with zero attached hydrogens (tertiary/aromatic N) is 3. The predicted molar refractivity (Wildman–Crippen MR) is 131 cm³/mol. The van der Waals surface area contributed by atoms with Crippen molar-refractivity contribution in [3.8, 4) is 10.4 Å². The lowest BCUT2D eigenvalue weighted by Gasteiger charge is -2.39. The van der Waals surface area contributed by atoms with Gasteiger partial charge in [-0.15, -0.1) is 11.3 Å². The molecule has 1 N–H and O–H groups in total. The first-order chi connectivity index (χ1) is 15.5. The highest BCUT2D eigenvalue weighted by molar-refractivity contribution is 7.13. The number of hydrogen-bond donors (Lipinski definition) is 1. The molecule has 1 fully saturated rings. The van der Waals surface area contributed by atoms with E-state index in [4.69, 9.17) is 0 Å². The minimum Gasteiger partial charge on any atom is -0.350 e. The van der Waals surface area contributed by atoms with Gasteiger partial charge < -0.3 is 15.1 Å². The first kappa shape index (κ1) is 24.9. The number of likely N-dealkylation sites (N-methyl/N-ethyl adjacent to an activating group) is 1. The second-order valence-electron chi connectivity index (χ2n) is 9.77. The number of nitrogens with one attached hydrogen (secondary N) is 1. The fourth-order valence-electron chi connectivity index (χ4n) is 4.42. The normalized spacial score (nSPS) is 17.0. The largest absolute Gasteiger partial charge is 0.350 e. The third-order valence-corrected chi connectivity index (χ3v) is 7.18. The standard InChI is InChI=1S/C25H34N4O3S/c1-16-21(33-15-27-16)19-11-9-18(10-12-19)14-26-23(31)20-8-7-13-29(20)24(32)22(25(3,4)5)28(6)17(2)30/h9-12,15,20,22H,7-8,13-14H2,1-6H3,(H,26,31)/t20-,22+/m0/s1. The van der Waals surface area contributed by atoms with Crippen LogP contribution >= 0.6 is 11.3 Å². The topological polar surface area (TPSA) is 82.6 Å². The van der Waals surface area contributed by atoms with Crippen LogP contribution in [0.5, 0.6) is 0 Å². The molecule has 7 nitrogen and oxygen atoms in total. The van der Waals surface area contributed by atoms with Gasteiger partial charge in [0.1, 0.15) is 12.1 Å². The van der Waals surface area contributed by atoms with Crippen LogP contribution in [0.15, 0.2) is 29.8 Å². The van der Waals surface area contributed by atoms with Gasteiger partial charge in [0.15, 0.2) is 0 Å². The number of amides is 3. The number of aromatic nitrogens is 1. The molecule has 0 aliphatic carbocycles. The predicted octanol–water partition coefficient (Wildman–Crippen LogP) is 3.62. The molecule has 2 aromatic rings. The van der Waals surface area contributed by atoms with Crippen molar-refractivity contribution in [2.45, 2.75) is 66.1 Å². The number of rotatable bonds is 6. The van der Waals surface area contributed by atoms with Crippen molar-refractivity contribution < 1.29 is 14.4 Å². The first-order valence-electron chi connectivity index (χ1n) is 11.3. The summed E-state index contributed by atoms with van der Waals surface area (Å²) in [5.41, 5.74) is 4.51. The van der Waals surface area contributed by atoms with Gasteiger partial charge in [0.25, 0.3) is 0 Å². The van der Waals surface area contributed by atoms with Gasteiger partial charge >= 0.3 is 0 Å². The lowest BCUT2D eigenvalue weighted by molar-refractivity contribution is -0.150. The Kier molecular flexibility index (Phi) is 7.57. The van der Waals surface area contributed by atoms with Gasteiger partial charge in [-0.2, -0.15) is 0 Å². The van der Waals surface area contributed by atoms with Gasteiger partial charge in [0, 0.05) is 27.1 Å². The minimum atomic E-state index is -0.619. The third-order valence-electron chi connectivity index (χ3n) is 6.21. The van der Waals surface area contributed by atoms with Crippen LogP contribution < -0.4 is 5.32 Å². The number of carbonyl (C=O) groups is 3. The molecule has 3 rings (SSSR count). The van der Waals surface area contributed by atoms with Crippen LogP contribution in [-0.4, -0.2) is 58.2 Å². The molecule has 1 aromatic heterocycles. The van der Waals surface area contributed by atoms with Crippen molar-refractivity contribution in [2.75, 3.05) is 13.6 Å². The molecule has 1 aliphatic rings. The number of hydrogen-bond acceptors (Lipinski definition) is 5. The molecule has 0 saturated carbocycles. The molecular formula is C25H34N4O3S. The summed E-state index contributed by atoms with van der Waals surface area (Å²) < 4.78 is 0. The summed E-state index contributed by atoms with van der Waals surface area (Å²) in [5, 5.41) is 3.00. The fraction of sp³-hybridized carbons (Fsp3) is 0.520. The van der Waals surface area contributed by atoms with Crippen molar-refractivity contribution in [3.05, 3.63) is 41.0 Å². The molecule has 0 bridgehead atoms. The van der Waals surface area contributed by atoms with Crippen LogP contribution in [0, 0.1) is 12.3 Å². The SMILES string of the molecule is CC(=O)N(C)[C@H](C(=O)N1CCC[C@H]1C(=O)NCc1ccc(-c2scnc2C)cc1)C(C)(C)C. The van der Waals surface area contributed by atoms with Gasteiger partial charge in [0.2, 0.25) is 17.7 Å². The van der Waals surface area contributed by atoms with E-state index >= 15 is 0 Å². The number of likely N-dealkylation sites (tertiary alicyclic amines) is 1. The molecule has 3 amide bonds. The molecule has 0 radical (unpaired) electrons. The fourth-order valence-corrected chi connectivity index (χ4v) is 5.23. The monoisotopic (exact) mass is 470 g/mol. The summed E-state index contributed by atoms with van der Waals surface area (Å²) in [4.78, 5) is 47.1. The van der Waals surface area contributed by atoms with E-state index in [2.05, 4.69) is 10.3 Å². The summed E-state index contributed by atoms with van der Waals surface area (Å²) in [7, 11) is 1.65. The zero-order valence-electron chi connectivity index (χ0n) is 20.3. The third kappa shape index (κ3) is 5.61. The second kappa shape index (κ2) is 10.0. The second-order valence-corrected chi connectivity index (χ2v) is 10.6. The van der Waals surface area contributed by atoms with E-state index < -0.39 is 17.5 Å². The van der Waals surface area contributed by atoms with Crippen LogP contribution in [0.25, 0.3) is 10.4 Å². The van der Waals surface area contributed by atoms with E-state index in [1.807, 2.05) is 57.5 Å². The quantitative estimate of drug-likeness (QED) is 0.699. The highest BCUT2D eigenvalue weighted by Gasteiger charge is 2.43. The summed E-state index contributed by atoms with van der Waals surface area (Å²) in [6.07, 6.45) is 1.40. The molecule has 1 aliphatic heterocycles. The van der Waals surface area contributed by atoms with Crippen LogP contribution in [0.1, 0.15) is 51.8 Å². The minimum absolute atomic E-state index is 0.152. The number of benzene rings is 1. The lowest BCUT2D eigenvalue weighted by Crippen LogP contribution is -2.57. The van der Waals surface area contributed by atoms with Crippen LogP contribution in [0.4, 0.5) is 0 Å². The van der Waals surface area contributed by atoms with Crippen molar-refractivity contribution in [1.29, 1.82) is 0 Å². The average molecular weight is 471 g/mol. The molecule has 1 saturated heterocycles. The van der Waals surface area contributed by atoms with Crippen molar-refractivity contribution in [1.82, 2.24) is 20.1 Å². The van der Waals surface area contributed by atoms with Crippen molar-refractivity contribution >= 4 is 29.1 Å². The van der Waals surface area contributed by atoms with Crippen molar-refractivity contribution in [2.24, 2.45) is 5.41 Å². The Morgan fingerprint density at radius 2 is 1.91 bits per heavy atom. The summed E-state index contributed by atoms with van der Waals surface area (Å²) >= 11 is 1.61. The molecule has 8 heteroatoms. The Balaban J connectivity index is 1.66. The van der Waals surface area contributed by atoms with Crippen LogP contribution in [0.3, 0.4) is 0 Å². The van der Waals surface area contributed by atoms with Gasteiger partial charge in [0.05, 0.1) is 16.1 Å². The molecule has 2 atom stereocenters. The van der Waals surface area contributed by atoms with Gasteiger partial charge in [-0.05, 0) is 36.3 Å². The molecule has 2 heterocycles. The summed E-state index contributed by atoms with van der Waals surface area (Å²) in [5.74, 6) is -0.482. The Bertz CT molecular complexity index is 1010. The van der Waals surface area contributed by atoms with E-state index in [-0.39, 0.29) is 17.7 Å². The maximum absolute atomic E-state index is 13.5. The maximum atomic E-state index is 13.5. The van der Waals surface area contributed by atoms with E-state index in [1.54, 1.807) is 23.3 Å². The molecule has 33 heavy (non-hydrogen) atoms. The Morgan fingerprint density at radius 1 is 1.24 bits per heavy atom.